The number of likely N-dealkylation sites (N-methyl/N-ethyl adjacent to an activating group) is 1. The summed E-state index contributed by atoms with van der Waals surface area (Å²) < 4.78 is 5.47. The summed E-state index contributed by atoms with van der Waals surface area (Å²) in [6.07, 6.45) is 5.34. The van der Waals surface area contributed by atoms with Crippen LogP contribution in [-0.2, 0) is 9.53 Å². The van der Waals surface area contributed by atoms with Gasteiger partial charge in [-0.1, -0.05) is 19.8 Å². The first-order valence-corrected chi connectivity index (χ1v) is 7.60. The van der Waals surface area contributed by atoms with Crippen LogP contribution in [0.4, 0.5) is 0 Å². The van der Waals surface area contributed by atoms with Gasteiger partial charge in [0, 0.05) is 19.7 Å². The number of hydrogen-bond acceptors (Lipinski definition) is 3. The molecule has 1 aliphatic carbocycles. The Morgan fingerprint density at radius 1 is 1.37 bits per heavy atom. The molecule has 1 amide bonds. The van der Waals surface area contributed by atoms with Crippen molar-refractivity contribution in [1.29, 1.82) is 0 Å². The molecule has 0 heterocycles. The number of amides is 1. The average molecular weight is 270 g/mol. The van der Waals surface area contributed by atoms with Crippen LogP contribution in [0.3, 0.4) is 0 Å². The van der Waals surface area contributed by atoms with Gasteiger partial charge in [0.15, 0.2) is 0 Å². The van der Waals surface area contributed by atoms with E-state index in [-0.39, 0.29) is 11.9 Å². The second-order valence-corrected chi connectivity index (χ2v) is 5.73. The Balaban J connectivity index is 2.89. The van der Waals surface area contributed by atoms with Gasteiger partial charge in [-0.2, -0.15) is 0 Å². The summed E-state index contributed by atoms with van der Waals surface area (Å²) in [6, 6.07) is 0.289. The molecule has 1 aliphatic rings. The molecule has 0 spiro atoms. The largest absolute Gasteiger partial charge is 0.369 e. The molecule has 1 rings (SSSR count). The molecule has 112 valence electrons. The first-order valence-electron chi connectivity index (χ1n) is 7.60. The van der Waals surface area contributed by atoms with Crippen molar-refractivity contribution < 1.29 is 9.53 Å². The van der Waals surface area contributed by atoms with Crippen molar-refractivity contribution in [2.75, 3.05) is 20.2 Å². The molecule has 0 saturated heterocycles. The van der Waals surface area contributed by atoms with Crippen LogP contribution in [0.1, 0.15) is 52.9 Å². The molecule has 3 unspecified atom stereocenters. The maximum absolute atomic E-state index is 12.8. The van der Waals surface area contributed by atoms with Crippen LogP contribution >= 0.6 is 0 Å². The molecule has 0 aromatic rings. The van der Waals surface area contributed by atoms with Crippen LogP contribution in [0.5, 0.6) is 0 Å². The van der Waals surface area contributed by atoms with E-state index < -0.39 is 5.60 Å². The van der Waals surface area contributed by atoms with Gasteiger partial charge in [-0.05, 0) is 45.6 Å². The van der Waals surface area contributed by atoms with Crippen LogP contribution in [-0.4, -0.2) is 42.6 Å². The summed E-state index contributed by atoms with van der Waals surface area (Å²) in [7, 11) is 1.62. The summed E-state index contributed by atoms with van der Waals surface area (Å²) in [6.45, 7) is 7.34. The summed E-state index contributed by atoms with van der Waals surface area (Å²) in [4.78, 5) is 14.8. The lowest BCUT2D eigenvalue weighted by Crippen LogP contribution is -2.55. The minimum Gasteiger partial charge on any atom is -0.369 e. The van der Waals surface area contributed by atoms with Gasteiger partial charge < -0.3 is 15.4 Å². The highest BCUT2D eigenvalue weighted by molar-refractivity contribution is 5.85. The lowest BCUT2D eigenvalue weighted by atomic mass is 9.82. The number of nitrogens with two attached hydrogens (primary N) is 1. The number of carbonyl (C=O) groups excluding carboxylic acids is 1. The molecule has 0 aliphatic heterocycles. The Hall–Kier alpha value is -0.610. The second kappa shape index (κ2) is 7.25. The maximum Gasteiger partial charge on any atom is 0.254 e. The van der Waals surface area contributed by atoms with Crippen LogP contribution in [0.15, 0.2) is 0 Å². The van der Waals surface area contributed by atoms with Crippen molar-refractivity contribution in [2.45, 2.75) is 64.5 Å². The Bertz CT molecular complexity index is 290. The molecule has 0 radical (unpaired) electrons. The van der Waals surface area contributed by atoms with Crippen molar-refractivity contribution >= 4 is 5.91 Å². The van der Waals surface area contributed by atoms with Crippen molar-refractivity contribution in [3.05, 3.63) is 0 Å². The van der Waals surface area contributed by atoms with Crippen LogP contribution in [0.2, 0.25) is 0 Å². The number of methoxy groups -OCH3 is 1. The van der Waals surface area contributed by atoms with Gasteiger partial charge in [0.2, 0.25) is 0 Å². The minimum absolute atomic E-state index is 0.116. The molecule has 1 saturated carbocycles. The fourth-order valence-electron chi connectivity index (χ4n) is 3.09. The molecule has 19 heavy (non-hydrogen) atoms. The minimum atomic E-state index is -0.702. The Morgan fingerprint density at radius 3 is 2.47 bits per heavy atom. The van der Waals surface area contributed by atoms with E-state index in [1.807, 2.05) is 25.7 Å². The average Bonchev–Trinajstić information content (AvgIpc) is 2.47. The highest BCUT2D eigenvalue weighted by Gasteiger charge is 2.39. The zero-order valence-corrected chi connectivity index (χ0v) is 12.9. The smallest absolute Gasteiger partial charge is 0.254 e. The van der Waals surface area contributed by atoms with Gasteiger partial charge in [-0.3, -0.25) is 4.79 Å². The van der Waals surface area contributed by atoms with Gasteiger partial charge in [0.1, 0.15) is 5.60 Å². The van der Waals surface area contributed by atoms with E-state index in [1.165, 1.54) is 12.8 Å². The summed E-state index contributed by atoms with van der Waals surface area (Å²) in [5.41, 5.74) is 5.19. The second-order valence-electron chi connectivity index (χ2n) is 5.73. The number of ether oxygens (including phenoxy) is 1. The van der Waals surface area contributed by atoms with Gasteiger partial charge in [-0.25, -0.2) is 0 Å². The normalized spacial score (nSPS) is 26.8. The van der Waals surface area contributed by atoms with Crippen molar-refractivity contribution in [2.24, 2.45) is 11.7 Å². The van der Waals surface area contributed by atoms with Crippen molar-refractivity contribution in [1.82, 2.24) is 4.90 Å². The Morgan fingerprint density at radius 2 is 2.00 bits per heavy atom. The third-order valence-corrected chi connectivity index (χ3v) is 4.75. The highest BCUT2D eigenvalue weighted by atomic mass is 16.5. The third-order valence-electron chi connectivity index (χ3n) is 4.75. The number of carbonyl (C=O) groups is 1. The molecule has 1 fully saturated rings. The lowest BCUT2D eigenvalue weighted by molar-refractivity contribution is -0.157. The van der Waals surface area contributed by atoms with E-state index >= 15 is 0 Å². The van der Waals surface area contributed by atoms with E-state index in [2.05, 4.69) is 0 Å². The van der Waals surface area contributed by atoms with E-state index in [0.29, 0.717) is 18.9 Å². The van der Waals surface area contributed by atoms with Crippen molar-refractivity contribution in [3.63, 3.8) is 0 Å². The highest BCUT2D eigenvalue weighted by Crippen LogP contribution is 2.30. The first-order chi connectivity index (χ1) is 9.03. The monoisotopic (exact) mass is 270 g/mol. The van der Waals surface area contributed by atoms with E-state index in [0.717, 1.165) is 19.4 Å². The zero-order valence-electron chi connectivity index (χ0n) is 12.9. The predicted octanol–water partition coefficient (Wildman–Crippen LogP) is 2.17. The molecule has 4 nitrogen and oxygen atoms in total. The van der Waals surface area contributed by atoms with Gasteiger partial charge in [0.05, 0.1) is 0 Å². The standard InChI is InChI=1S/C15H30N2O2/c1-5-15(3,19-4)14(18)17(6-2)13-10-8-7-9-12(13)11-16/h12-13H,5-11,16H2,1-4H3. The topological polar surface area (TPSA) is 55.6 Å². The number of hydrogen-bond donors (Lipinski definition) is 1. The zero-order chi connectivity index (χ0) is 14.5. The van der Waals surface area contributed by atoms with Gasteiger partial charge >= 0.3 is 0 Å². The molecule has 0 bridgehead atoms. The first kappa shape index (κ1) is 16.4. The molecular formula is C15H30N2O2. The summed E-state index contributed by atoms with van der Waals surface area (Å²) >= 11 is 0. The van der Waals surface area contributed by atoms with Crippen molar-refractivity contribution in [3.8, 4) is 0 Å². The van der Waals surface area contributed by atoms with E-state index in [9.17, 15) is 4.79 Å². The molecule has 0 aromatic carbocycles. The van der Waals surface area contributed by atoms with Gasteiger partial charge in [0.25, 0.3) is 5.91 Å². The van der Waals surface area contributed by atoms with Crippen LogP contribution in [0.25, 0.3) is 0 Å². The fraction of sp³-hybridized carbons (Fsp3) is 0.933. The predicted molar refractivity (Wildman–Crippen MR) is 77.9 cm³/mol. The molecule has 3 atom stereocenters. The summed E-state index contributed by atoms with van der Waals surface area (Å²) in [5, 5.41) is 0. The quantitative estimate of drug-likeness (QED) is 0.804. The maximum atomic E-state index is 12.8. The third kappa shape index (κ3) is 3.48. The molecule has 4 heteroatoms. The van der Waals surface area contributed by atoms with E-state index in [4.69, 9.17) is 10.5 Å². The Labute approximate surface area is 117 Å². The summed E-state index contributed by atoms with van der Waals surface area (Å²) in [5.74, 6) is 0.556. The lowest BCUT2D eigenvalue weighted by Gasteiger charge is -2.42. The van der Waals surface area contributed by atoms with E-state index in [1.54, 1.807) is 7.11 Å². The SMILES string of the molecule is CCN(C(=O)C(C)(CC)OC)C1CCCCC1CN. The number of nitrogens with zero attached hydrogens (tertiary/aromatic N) is 1. The van der Waals surface area contributed by atoms with Gasteiger partial charge in [-0.15, -0.1) is 0 Å². The van der Waals surface area contributed by atoms with Crippen LogP contribution < -0.4 is 5.73 Å². The molecule has 0 aromatic heterocycles. The van der Waals surface area contributed by atoms with Crippen LogP contribution in [0, 0.1) is 5.92 Å². The molecule has 2 N–H and O–H groups in total. The fourth-order valence-corrected chi connectivity index (χ4v) is 3.09. The number of rotatable bonds is 6. The molecular weight excluding hydrogens is 240 g/mol. The Kier molecular flexibility index (Phi) is 6.27.